The van der Waals surface area contributed by atoms with Crippen LogP contribution in [0.1, 0.15) is 15.9 Å². The van der Waals surface area contributed by atoms with Gasteiger partial charge in [-0.2, -0.15) is 4.98 Å². The number of nitrogens with zero attached hydrogens (tertiary/aromatic N) is 3. The average Bonchev–Trinajstić information content (AvgIpc) is 2.77. The van der Waals surface area contributed by atoms with Crippen molar-refractivity contribution >= 4 is 48.0 Å². The largest absolute Gasteiger partial charge is 0.478 e. The quantitative estimate of drug-likeness (QED) is 0.708. The van der Waals surface area contributed by atoms with Gasteiger partial charge in [-0.05, 0) is 42.3 Å². The van der Waals surface area contributed by atoms with Crippen molar-refractivity contribution in [1.29, 1.82) is 0 Å². The van der Waals surface area contributed by atoms with Crippen LogP contribution in [0.25, 0.3) is 16.8 Å². The molecular formula is C14H11ClLiN4O2. The standard InChI is InChI=1S/C14H11ClN4O2.Li/c1-7-4-11(15)10(6-9(7)13(20)21)8-2-3-19-12(5-8)17-14(16)18-19;/h2-6H,1H3,(H2,16,18)(H,20,21);. The molecule has 0 amide bonds. The van der Waals surface area contributed by atoms with Crippen LogP contribution in [0, 0.1) is 6.92 Å². The maximum atomic E-state index is 11.2. The molecule has 0 spiro atoms. The number of nitrogens with two attached hydrogens (primary N) is 1. The molecule has 0 fully saturated rings. The summed E-state index contributed by atoms with van der Waals surface area (Å²) in [5, 5.41) is 13.7. The van der Waals surface area contributed by atoms with Crippen LogP contribution in [-0.4, -0.2) is 44.5 Å². The topological polar surface area (TPSA) is 93.5 Å². The van der Waals surface area contributed by atoms with E-state index >= 15 is 0 Å². The molecule has 0 unspecified atom stereocenters. The van der Waals surface area contributed by atoms with E-state index in [9.17, 15) is 9.90 Å². The molecule has 0 aliphatic carbocycles. The first-order valence-corrected chi connectivity index (χ1v) is 6.49. The van der Waals surface area contributed by atoms with Crippen molar-refractivity contribution < 1.29 is 9.90 Å². The van der Waals surface area contributed by atoms with Gasteiger partial charge in [-0.25, -0.2) is 9.31 Å². The molecule has 0 aliphatic heterocycles. The van der Waals surface area contributed by atoms with E-state index in [1.54, 1.807) is 41.9 Å². The van der Waals surface area contributed by atoms with Gasteiger partial charge in [0.25, 0.3) is 0 Å². The molecule has 0 bridgehead atoms. The third-order valence-electron chi connectivity index (χ3n) is 3.21. The molecule has 0 saturated carbocycles. The number of anilines is 1. The Morgan fingerprint density at radius 2 is 2.09 bits per heavy atom. The van der Waals surface area contributed by atoms with Gasteiger partial charge in [0.2, 0.25) is 5.95 Å². The molecule has 3 rings (SSSR count). The maximum absolute atomic E-state index is 11.2. The Morgan fingerprint density at radius 1 is 1.36 bits per heavy atom. The van der Waals surface area contributed by atoms with Gasteiger partial charge < -0.3 is 10.8 Å². The summed E-state index contributed by atoms with van der Waals surface area (Å²) in [5.74, 6) is -0.813. The van der Waals surface area contributed by atoms with Crippen LogP contribution in [-0.2, 0) is 0 Å². The molecule has 2 heterocycles. The number of aromatic nitrogens is 3. The van der Waals surface area contributed by atoms with E-state index in [0.717, 1.165) is 5.56 Å². The number of hydrogen-bond donors (Lipinski definition) is 2. The number of rotatable bonds is 2. The molecule has 1 radical (unpaired) electrons. The molecule has 6 nitrogen and oxygen atoms in total. The van der Waals surface area contributed by atoms with Crippen LogP contribution < -0.4 is 5.73 Å². The van der Waals surface area contributed by atoms with E-state index in [1.807, 2.05) is 0 Å². The number of fused-ring (bicyclic) bond motifs is 1. The Bertz CT molecular complexity index is 879. The molecular weight excluding hydrogens is 299 g/mol. The summed E-state index contributed by atoms with van der Waals surface area (Å²) in [5.41, 5.74) is 8.33. The SMILES string of the molecule is Cc1cc(Cl)c(-c2ccn3nc(N)nc3c2)cc1C(=O)O.[Li]. The number of pyridine rings is 1. The smallest absolute Gasteiger partial charge is 0.335 e. The number of nitrogen functional groups attached to an aromatic ring is 1. The second-order valence-corrected chi connectivity index (χ2v) is 5.05. The van der Waals surface area contributed by atoms with Crippen LogP contribution in [0.2, 0.25) is 5.02 Å². The number of aryl methyl sites for hydroxylation is 1. The number of carboxylic acid groups (broad SMARTS) is 1. The minimum atomic E-state index is -0.988. The third-order valence-corrected chi connectivity index (χ3v) is 3.52. The zero-order valence-electron chi connectivity index (χ0n) is 12.0. The van der Waals surface area contributed by atoms with E-state index in [2.05, 4.69) is 10.1 Å². The van der Waals surface area contributed by atoms with Crippen molar-refractivity contribution in [2.45, 2.75) is 6.92 Å². The second-order valence-electron chi connectivity index (χ2n) is 4.64. The van der Waals surface area contributed by atoms with E-state index in [4.69, 9.17) is 17.3 Å². The van der Waals surface area contributed by atoms with E-state index in [1.165, 1.54) is 0 Å². The first-order valence-electron chi connectivity index (χ1n) is 6.11. The van der Waals surface area contributed by atoms with Crippen molar-refractivity contribution in [2.24, 2.45) is 0 Å². The monoisotopic (exact) mass is 309 g/mol. The van der Waals surface area contributed by atoms with Crippen LogP contribution in [0.4, 0.5) is 5.95 Å². The predicted octanol–water partition coefficient (Wildman–Crippen LogP) is 2.26. The second kappa shape index (κ2) is 6.01. The molecule has 107 valence electrons. The molecule has 1 aromatic carbocycles. The van der Waals surface area contributed by atoms with Crippen molar-refractivity contribution in [3.8, 4) is 11.1 Å². The number of halogens is 1. The minimum absolute atomic E-state index is 0. The van der Waals surface area contributed by atoms with Crippen molar-refractivity contribution in [2.75, 3.05) is 5.73 Å². The summed E-state index contributed by atoms with van der Waals surface area (Å²) in [6.45, 7) is 1.71. The van der Waals surface area contributed by atoms with Crippen molar-refractivity contribution in [1.82, 2.24) is 14.6 Å². The summed E-state index contributed by atoms with van der Waals surface area (Å²) in [4.78, 5) is 15.3. The summed E-state index contributed by atoms with van der Waals surface area (Å²) in [6.07, 6.45) is 1.70. The number of aromatic carboxylic acids is 1. The molecule has 2 aromatic heterocycles. The van der Waals surface area contributed by atoms with E-state index < -0.39 is 5.97 Å². The summed E-state index contributed by atoms with van der Waals surface area (Å²) in [6, 6.07) is 6.74. The van der Waals surface area contributed by atoms with Gasteiger partial charge in [0, 0.05) is 35.6 Å². The number of hydrogen-bond acceptors (Lipinski definition) is 4. The number of carbonyl (C=O) groups is 1. The Balaban J connectivity index is 0.00000176. The molecule has 8 heteroatoms. The van der Waals surface area contributed by atoms with E-state index in [0.29, 0.717) is 21.8 Å². The zero-order valence-corrected chi connectivity index (χ0v) is 12.8. The summed E-state index contributed by atoms with van der Waals surface area (Å²) in [7, 11) is 0. The molecule has 0 aliphatic rings. The van der Waals surface area contributed by atoms with Gasteiger partial charge in [-0.3, -0.25) is 0 Å². The van der Waals surface area contributed by atoms with Gasteiger partial charge in [0.1, 0.15) is 0 Å². The maximum Gasteiger partial charge on any atom is 0.335 e. The average molecular weight is 310 g/mol. The van der Waals surface area contributed by atoms with Gasteiger partial charge in [0.15, 0.2) is 5.65 Å². The Labute approximate surface area is 143 Å². The predicted molar refractivity (Wildman–Crippen MR) is 85.3 cm³/mol. The van der Waals surface area contributed by atoms with Gasteiger partial charge in [0.05, 0.1) is 5.56 Å². The Hall–Kier alpha value is -2.00. The fourth-order valence-electron chi connectivity index (χ4n) is 2.19. The van der Waals surface area contributed by atoms with Crippen LogP contribution in [0.5, 0.6) is 0 Å². The Morgan fingerprint density at radius 3 is 2.77 bits per heavy atom. The number of benzene rings is 1. The van der Waals surface area contributed by atoms with Gasteiger partial charge in [-0.15, -0.1) is 5.10 Å². The van der Waals surface area contributed by atoms with Crippen molar-refractivity contribution in [3.63, 3.8) is 0 Å². The van der Waals surface area contributed by atoms with Gasteiger partial charge >= 0.3 is 5.97 Å². The molecule has 3 N–H and O–H groups in total. The Kier molecular flexibility index (Phi) is 4.47. The van der Waals surface area contributed by atoms with Gasteiger partial charge in [-0.1, -0.05) is 11.6 Å². The minimum Gasteiger partial charge on any atom is -0.478 e. The first-order chi connectivity index (χ1) is 9.95. The molecule has 3 aromatic rings. The van der Waals surface area contributed by atoms with Crippen LogP contribution in [0.3, 0.4) is 0 Å². The summed E-state index contributed by atoms with van der Waals surface area (Å²) >= 11 is 6.24. The first kappa shape index (κ1) is 16.4. The normalized spacial score (nSPS) is 10.5. The van der Waals surface area contributed by atoms with Crippen molar-refractivity contribution in [3.05, 3.63) is 46.6 Å². The number of carboxylic acids is 1. The van der Waals surface area contributed by atoms with Crippen LogP contribution >= 0.6 is 11.6 Å². The molecule has 0 atom stereocenters. The fraction of sp³-hybridized carbons (Fsp3) is 0.0714. The third kappa shape index (κ3) is 2.81. The molecule has 22 heavy (non-hydrogen) atoms. The zero-order chi connectivity index (χ0) is 15.1. The summed E-state index contributed by atoms with van der Waals surface area (Å²) < 4.78 is 1.54. The molecule has 0 saturated heterocycles. The fourth-order valence-corrected chi connectivity index (χ4v) is 2.52. The van der Waals surface area contributed by atoms with Crippen LogP contribution in [0.15, 0.2) is 30.5 Å². The van der Waals surface area contributed by atoms with E-state index in [-0.39, 0.29) is 30.4 Å².